The van der Waals surface area contributed by atoms with Crippen LogP contribution in [0.1, 0.15) is 54.1 Å². The molecule has 2 amide bonds. The lowest BCUT2D eigenvalue weighted by Gasteiger charge is -2.20. The molecule has 0 spiro atoms. The molecule has 4 aromatic rings. The SMILES string of the molecule is Cc1ccc(C(=O)Nc2ccc(-c3ccc(NC(=O)c4ccc(C)c(C)c4)cc3C(F)(F)F)c(C(F)(F)F)c2)cc1C. The van der Waals surface area contributed by atoms with Crippen LogP contribution in [0.15, 0.2) is 72.8 Å². The van der Waals surface area contributed by atoms with Gasteiger partial charge in [0.05, 0.1) is 11.1 Å². The van der Waals surface area contributed by atoms with E-state index < -0.39 is 46.4 Å². The molecule has 4 nitrogen and oxygen atoms in total. The lowest BCUT2D eigenvalue weighted by Crippen LogP contribution is -2.16. The fraction of sp³-hybridized carbons (Fsp3) is 0.188. The lowest BCUT2D eigenvalue weighted by molar-refractivity contribution is -0.139. The van der Waals surface area contributed by atoms with Gasteiger partial charge in [-0.2, -0.15) is 26.3 Å². The topological polar surface area (TPSA) is 58.2 Å². The first-order valence-electron chi connectivity index (χ1n) is 12.7. The molecule has 0 saturated heterocycles. The molecule has 0 atom stereocenters. The predicted molar refractivity (Wildman–Crippen MR) is 150 cm³/mol. The molecule has 0 aliphatic heterocycles. The van der Waals surface area contributed by atoms with Crippen LogP contribution >= 0.6 is 0 Å². The van der Waals surface area contributed by atoms with Gasteiger partial charge in [0.1, 0.15) is 0 Å². The molecule has 0 unspecified atom stereocenters. The van der Waals surface area contributed by atoms with E-state index in [1.165, 1.54) is 12.1 Å². The van der Waals surface area contributed by atoms with Crippen molar-refractivity contribution >= 4 is 23.2 Å². The van der Waals surface area contributed by atoms with Crippen molar-refractivity contribution in [1.29, 1.82) is 0 Å². The number of hydrogen-bond donors (Lipinski definition) is 2. The third kappa shape index (κ3) is 6.64. The zero-order valence-electron chi connectivity index (χ0n) is 23.0. The van der Waals surface area contributed by atoms with E-state index in [1.54, 1.807) is 38.1 Å². The smallest absolute Gasteiger partial charge is 0.322 e. The molecule has 0 fully saturated rings. The van der Waals surface area contributed by atoms with E-state index in [0.717, 1.165) is 46.5 Å². The van der Waals surface area contributed by atoms with Crippen LogP contribution in [0.4, 0.5) is 37.7 Å². The number of aryl methyl sites for hydroxylation is 4. The van der Waals surface area contributed by atoms with Crippen molar-refractivity contribution in [3.05, 3.63) is 117 Å². The zero-order chi connectivity index (χ0) is 31.0. The fourth-order valence-electron chi connectivity index (χ4n) is 4.35. The molecule has 2 N–H and O–H groups in total. The van der Waals surface area contributed by atoms with Crippen LogP contribution in [0.25, 0.3) is 11.1 Å². The van der Waals surface area contributed by atoms with Gasteiger partial charge in [0, 0.05) is 22.5 Å². The third-order valence-electron chi connectivity index (χ3n) is 6.99. The van der Waals surface area contributed by atoms with E-state index in [4.69, 9.17) is 0 Å². The van der Waals surface area contributed by atoms with E-state index in [2.05, 4.69) is 10.6 Å². The van der Waals surface area contributed by atoms with E-state index in [-0.39, 0.29) is 22.5 Å². The molecule has 0 aliphatic rings. The van der Waals surface area contributed by atoms with Crippen molar-refractivity contribution in [2.75, 3.05) is 10.6 Å². The highest BCUT2D eigenvalue weighted by Gasteiger charge is 2.39. The first-order chi connectivity index (χ1) is 19.5. The van der Waals surface area contributed by atoms with Gasteiger partial charge in [-0.25, -0.2) is 0 Å². The first-order valence-corrected chi connectivity index (χ1v) is 12.7. The molecular formula is C32H26F6N2O2. The van der Waals surface area contributed by atoms with Crippen molar-refractivity contribution in [2.45, 2.75) is 40.0 Å². The predicted octanol–water partition coefficient (Wildman–Crippen LogP) is 9.13. The number of rotatable bonds is 5. The van der Waals surface area contributed by atoms with Gasteiger partial charge in [-0.1, -0.05) is 24.3 Å². The largest absolute Gasteiger partial charge is 0.417 e. The van der Waals surface area contributed by atoms with Gasteiger partial charge < -0.3 is 10.6 Å². The number of anilines is 2. The maximum atomic E-state index is 14.1. The maximum Gasteiger partial charge on any atom is 0.417 e. The Morgan fingerprint density at radius 3 is 1.17 bits per heavy atom. The molecule has 0 saturated carbocycles. The van der Waals surface area contributed by atoms with E-state index in [0.29, 0.717) is 12.1 Å². The highest BCUT2D eigenvalue weighted by Crippen LogP contribution is 2.44. The Bertz CT molecular complexity index is 1560. The Morgan fingerprint density at radius 1 is 0.500 bits per heavy atom. The third-order valence-corrected chi connectivity index (χ3v) is 6.99. The standard InChI is InChI=1S/C32H26F6N2O2/c1-17-5-7-21(13-19(17)3)29(41)39-23-9-11-25(27(15-23)31(33,34)35)26-12-10-24(16-28(26)32(36,37)38)40-30(42)22-8-6-18(2)20(4)14-22/h5-16H,1-4H3,(H,39,41)(H,40,42). The molecule has 4 aromatic carbocycles. The number of benzene rings is 4. The van der Waals surface area contributed by atoms with Crippen LogP contribution in [0, 0.1) is 27.7 Å². The van der Waals surface area contributed by atoms with Crippen molar-refractivity contribution < 1.29 is 35.9 Å². The molecule has 0 radical (unpaired) electrons. The van der Waals surface area contributed by atoms with Crippen molar-refractivity contribution in [2.24, 2.45) is 0 Å². The zero-order valence-corrected chi connectivity index (χ0v) is 23.0. The second-order valence-corrected chi connectivity index (χ2v) is 10.0. The quantitative estimate of drug-likeness (QED) is 0.230. The summed E-state index contributed by atoms with van der Waals surface area (Å²) in [6, 6.07) is 14.8. The summed E-state index contributed by atoms with van der Waals surface area (Å²) in [5.74, 6) is -1.34. The average molecular weight is 585 g/mol. The highest BCUT2D eigenvalue weighted by molar-refractivity contribution is 6.05. The number of carbonyl (C=O) groups excluding carboxylic acids is 2. The molecule has 0 heterocycles. The summed E-state index contributed by atoms with van der Waals surface area (Å²) < 4.78 is 84.9. The summed E-state index contributed by atoms with van der Waals surface area (Å²) in [6.45, 7) is 7.24. The number of nitrogens with one attached hydrogen (secondary N) is 2. The lowest BCUT2D eigenvalue weighted by atomic mass is 9.93. The van der Waals surface area contributed by atoms with Gasteiger partial charge in [-0.15, -0.1) is 0 Å². The highest BCUT2D eigenvalue weighted by atomic mass is 19.4. The molecular weight excluding hydrogens is 558 g/mol. The molecule has 42 heavy (non-hydrogen) atoms. The summed E-state index contributed by atoms with van der Waals surface area (Å²) in [4.78, 5) is 25.3. The average Bonchev–Trinajstić information content (AvgIpc) is 2.90. The van der Waals surface area contributed by atoms with Crippen LogP contribution in [-0.4, -0.2) is 11.8 Å². The maximum absolute atomic E-state index is 14.1. The molecule has 0 aromatic heterocycles. The van der Waals surface area contributed by atoms with Gasteiger partial charge in [0.15, 0.2) is 0 Å². The number of alkyl halides is 6. The van der Waals surface area contributed by atoms with Gasteiger partial charge in [-0.05, 0) is 110 Å². The first kappa shape index (κ1) is 30.4. The Kier molecular flexibility index (Phi) is 8.20. The van der Waals surface area contributed by atoms with Crippen molar-refractivity contribution in [1.82, 2.24) is 0 Å². The summed E-state index contributed by atoms with van der Waals surface area (Å²) >= 11 is 0. The van der Waals surface area contributed by atoms with Crippen LogP contribution in [0.2, 0.25) is 0 Å². The van der Waals surface area contributed by atoms with Gasteiger partial charge in [0.2, 0.25) is 0 Å². The summed E-state index contributed by atoms with van der Waals surface area (Å²) in [6.07, 6.45) is -10.1. The molecule has 4 rings (SSSR count). The number of amides is 2. The minimum atomic E-state index is -5.05. The summed E-state index contributed by atoms with van der Waals surface area (Å²) in [5, 5.41) is 4.77. The fourth-order valence-corrected chi connectivity index (χ4v) is 4.35. The van der Waals surface area contributed by atoms with E-state index >= 15 is 0 Å². The normalized spacial score (nSPS) is 11.8. The van der Waals surface area contributed by atoms with E-state index in [1.807, 2.05) is 13.8 Å². The Morgan fingerprint density at radius 2 is 0.857 bits per heavy atom. The Hall–Kier alpha value is -4.60. The van der Waals surface area contributed by atoms with Gasteiger partial charge in [-0.3, -0.25) is 9.59 Å². The van der Waals surface area contributed by atoms with Crippen molar-refractivity contribution in [3.63, 3.8) is 0 Å². The second-order valence-electron chi connectivity index (χ2n) is 10.0. The Labute approximate surface area is 238 Å². The van der Waals surface area contributed by atoms with Gasteiger partial charge >= 0.3 is 12.4 Å². The van der Waals surface area contributed by atoms with E-state index in [9.17, 15) is 35.9 Å². The number of hydrogen-bond acceptors (Lipinski definition) is 2. The molecule has 0 bridgehead atoms. The minimum absolute atomic E-state index is 0.216. The monoisotopic (exact) mass is 584 g/mol. The molecule has 218 valence electrons. The Balaban J connectivity index is 1.71. The molecule has 10 heteroatoms. The summed E-state index contributed by atoms with van der Waals surface area (Å²) in [7, 11) is 0. The van der Waals surface area contributed by atoms with Crippen LogP contribution in [0.5, 0.6) is 0 Å². The summed E-state index contributed by atoms with van der Waals surface area (Å²) in [5.41, 5.74) is -0.766. The number of carbonyl (C=O) groups is 2. The van der Waals surface area contributed by atoms with Crippen LogP contribution in [-0.2, 0) is 12.4 Å². The van der Waals surface area contributed by atoms with Gasteiger partial charge in [0.25, 0.3) is 11.8 Å². The molecule has 0 aliphatic carbocycles. The second kappa shape index (κ2) is 11.3. The van der Waals surface area contributed by atoms with Crippen LogP contribution < -0.4 is 10.6 Å². The number of halogens is 6. The minimum Gasteiger partial charge on any atom is -0.322 e. The van der Waals surface area contributed by atoms with Crippen LogP contribution in [0.3, 0.4) is 0 Å². The van der Waals surface area contributed by atoms with Crippen molar-refractivity contribution in [3.8, 4) is 11.1 Å².